The molecule has 0 bridgehead atoms. The Morgan fingerprint density at radius 1 is 1.06 bits per heavy atom. The first-order valence-electron chi connectivity index (χ1n) is 10.6. The zero-order valence-electron chi connectivity index (χ0n) is 18.9. The van der Waals surface area contributed by atoms with Gasteiger partial charge in [0.25, 0.3) is 11.8 Å². The lowest BCUT2D eigenvalue weighted by atomic mass is 9.98. The Morgan fingerprint density at radius 2 is 1.73 bits per heavy atom. The fourth-order valence-electron chi connectivity index (χ4n) is 3.50. The highest BCUT2D eigenvalue weighted by Crippen LogP contribution is 2.22. The van der Waals surface area contributed by atoms with Crippen molar-refractivity contribution in [3.05, 3.63) is 70.1 Å². The number of ketones is 1. The maximum absolute atomic E-state index is 13.0. The van der Waals surface area contributed by atoms with Gasteiger partial charge in [-0.1, -0.05) is 36.4 Å². The van der Waals surface area contributed by atoms with Crippen LogP contribution < -0.4 is 5.32 Å². The van der Waals surface area contributed by atoms with Gasteiger partial charge in [-0.05, 0) is 55.6 Å². The van der Waals surface area contributed by atoms with Crippen molar-refractivity contribution in [2.75, 3.05) is 13.1 Å². The third-order valence-corrected chi connectivity index (χ3v) is 5.11. The van der Waals surface area contributed by atoms with Crippen LogP contribution in [0.4, 0.5) is 5.69 Å². The van der Waals surface area contributed by atoms with Crippen LogP contribution in [0.1, 0.15) is 35.3 Å². The lowest BCUT2D eigenvalue weighted by Crippen LogP contribution is -2.54. The van der Waals surface area contributed by atoms with E-state index in [4.69, 9.17) is 0 Å². The van der Waals surface area contributed by atoms with Gasteiger partial charge in [-0.3, -0.25) is 14.4 Å². The predicted octanol–water partition coefficient (Wildman–Crippen LogP) is 1.89. The number of carbonyl (C=O) groups is 3. The minimum atomic E-state index is -1.68. The zero-order valence-corrected chi connectivity index (χ0v) is 18.9. The van der Waals surface area contributed by atoms with Gasteiger partial charge in [-0.2, -0.15) is 0 Å². The van der Waals surface area contributed by atoms with Gasteiger partial charge in [-0.25, -0.2) is 0 Å². The Balaban J connectivity index is 2.34. The molecule has 0 spiro atoms. The Morgan fingerprint density at radius 3 is 2.30 bits per heavy atom. The smallest absolute Gasteiger partial charge is 0.254 e. The molecule has 0 aliphatic heterocycles. The van der Waals surface area contributed by atoms with Gasteiger partial charge in [-0.15, -0.1) is 4.91 Å². The van der Waals surface area contributed by atoms with Gasteiger partial charge < -0.3 is 20.4 Å². The van der Waals surface area contributed by atoms with Crippen molar-refractivity contribution in [3.63, 3.8) is 0 Å². The van der Waals surface area contributed by atoms with Crippen LogP contribution in [0.15, 0.2) is 53.7 Å². The molecule has 0 radical (unpaired) electrons. The number of hydrogen-bond donors (Lipinski definition) is 3. The third kappa shape index (κ3) is 7.30. The Hall–Kier alpha value is -3.43. The number of nitrogens with zero attached hydrogens (tertiary/aromatic N) is 2. The van der Waals surface area contributed by atoms with Crippen LogP contribution in [0.2, 0.25) is 0 Å². The number of carbonyl (C=O) groups excluding carboxylic acids is 3. The molecule has 9 nitrogen and oxygen atoms in total. The second-order valence-corrected chi connectivity index (χ2v) is 8.03. The van der Waals surface area contributed by atoms with Crippen LogP contribution in [-0.4, -0.2) is 64.0 Å². The molecule has 0 aromatic heterocycles. The van der Waals surface area contributed by atoms with Gasteiger partial charge in [0, 0.05) is 12.1 Å². The summed E-state index contributed by atoms with van der Waals surface area (Å²) in [6.07, 6.45) is -2.46. The van der Waals surface area contributed by atoms with E-state index in [1.54, 1.807) is 31.2 Å². The normalized spacial score (nSPS) is 13.5. The molecule has 0 aliphatic rings. The van der Waals surface area contributed by atoms with Gasteiger partial charge >= 0.3 is 0 Å². The minimum absolute atomic E-state index is 0.114. The molecular weight excluding hydrogens is 426 g/mol. The molecule has 176 valence electrons. The van der Waals surface area contributed by atoms with E-state index in [2.05, 4.69) is 10.5 Å². The average molecular weight is 456 g/mol. The highest BCUT2D eigenvalue weighted by molar-refractivity contribution is 5.97. The molecule has 0 heterocycles. The monoisotopic (exact) mass is 455 g/mol. The number of nitrogens with one attached hydrogen (secondary N) is 1. The fraction of sp³-hybridized carbons (Fsp3) is 0.375. The number of rotatable bonds is 11. The number of amides is 2. The molecule has 0 saturated heterocycles. The summed E-state index contributed by atoms with van der Waals surface area (Å²) in [7, 11) is 0. The van der Waals surface area contributed by atoms with Crippen molar-refractivity contribution in [2.24, 2.45) is 5.18 Å². The molecule has 3 N–H and O–H groups in total. The summed E-state index contributed by atoms with van der Waals surface area (Å²) in [5.41, 5.74) is 1.44. The van der Waals surface area contributed by atoms with Crippen LogP contribution in [0, 0.1) is 11.8 Å². The number of aliphatic hydroxyl groups excluding tert-OH is 2. The van der Waals surface area contributed by atoms with Gasteiger partial charge in [0.15, 0.2) is 6.10 Å². The Kier molecular flexibility index (Phi) is 9.38. The average Bonchev–Trinajstić information content (AvgIpc) is 2.77. The number of benzene rings is 2. The molecule has 2 aromatic carbocycles. The van der Waals surface area contributed by atoms with Crippen LogP contribution in [-0.2, 0) is 16.0 Å². The highest BCUT2D eigenvalue weighted by atomic mass is 16.3. The van der Waals surface area contributed by atoms with Gasteiger partial charge in [0.2, 0.25) is 0 Å². The summed E-state index contributed by atoms with van der Waals surface area (Å²) in [5.74, 6) is -1.68. The van der Waals surface area contributed by atoms with E-state index in [9.17, 15) is 29.5 Å². The first-order chi connectivity index (χ1) is 15.6. The van der Waals surface area contributed by atoms with Crippen molar-refractivity contribution < 1.29 is 24.6 Å². The molecule has 0 fully saturated rings. The summed E-state index contributed by atoms with van der Waals surface area (Å²) >= 11 is 0. The van der Waals surface area contributed by atoms with Gasteiger partial charge in [0.1, 0.15) is 11.5 Å². The molecule has 2 aromatic rings. The van der Waals surface area contributed by atoms with Crippen molar-refractivity contribution in [2.45, 2.75) is 45.4 Å². The van der Waals surface area contributed by atoms with Crippen molar-refractivity contribution in [3.8, 4) is 0 Å². The molecule has 9 heteroatoms. The second kappa shape index (κ2) is 12.0. The lowest BCUT2D eigenvalue weighted by molar-refractivity contribution is -0.145. The highest BCUT2D eigenvalue weighted by Gasteiger charge is 2.32. The van der Waals surface area contributed by atoms with Gasteiger partial charge in [0.05, 0.1) is 18.7 Å². The maximum Gasteiger partial charge on any atom is 0.254 e. The quantitative estimate of drug-likeness (QED) is 0.443. The summed E-state index contributed by atoms with van der Waals surface area (Å²) in [4.78, 5) is 49.7. The number of nitroso groups, excluding NO2 is 1. The second-order valence-electron chi connectivity index (χ2n) is 8.03. The van der Waals surface area contributed by atoms with E-state index in [1.165, 1.54) is 32.0 Å². The van der Waals surface area contributed by atoms with Crippen LogP contribution >= 0.6 is 0 Å². The summed E-state index contributed by atoms with van der Waals surface area (Å²) in [6.45, 7) is 3.92. The fourth-order valence-corrected chi connectivity index (χ4v) is 3.50. The summed E-state index contributed by atoms with van der Waals surface area (Å²) in [6, 6.07) is 12.5. The third-order valence-electron chi connectivity index (χ3n) is 5.11. The van der Waals surface area contributed by atoms with E-state index >= 15 is 0 Å². The van der Waals surface area contributed by atoms with Crippen molar-refractivity contribution in [1.82, 2.24) is 10.2 Å². The Bertz CT molecular complexity index is 993. The molecule has 3 unspecified atom stereocenters. The first kappa shape index (κ1) is 25.8. The summed E-state index contributed by atoms with van der Waals surface area (Å²) < 4.78 is 0. The van der Waals surface area contributed by atoms with E-state index in [-0.39, 0.29) is 36.5 Å². The van der Waals surface area contributed by atoms with E-state index < -0.39 is 30.1 Å². The largest absolute Gasteiger partial charge is 0.392 e. The van der Waals surface area contributed by atoms with E-state index in [0.717, 1.165) is 10.5 Å². The van der Waals surface area contributed by atoms with Crippen LogP contribution in [0.5, 0.6) is 0 Å². The van der Waals surface area contributed by atoms with E-state index in [0.29, 0.717) is 5.56 Å². The molecule has 3 atom stereocenters. The molecule has 0 aliphatic carbocycles. The topological polar surface area (TPSA) is 136 Å². The predicted molar refractivity (Wildman–Crippen MR) is 123 cm³/mol. The molecular formula is C24H29N3O6. The van der Waals surface area contributed by atoms with E-state index in [1.807, 2.05) is 6.07 Å². The first-order valence-corrected chi connectivity index (χ1v) is 10.6. The minimum Gasteiger partial charge on any atom is -0.392 e. The standard InChI is InChI=1S/C24H29N3O6/c1-15(28)13-27(14-16(2)29)24(32)22(30)21(12-18-8-5-4-6-9-18)25-23(31)19-10-7-11-20(26-33)17(19)3/h4-11,15,21-22,28,30H,12-14H2,1-3H3,(H,25,31). The lowest BCUT2D eigenvalue weighted by Gasteiger charge is -2.30. The Labute approximate surface area is 192 Å². The number of aliphatic hydroxyl groups is 2. The van der Waals surface area contributed by atoms with Crippen molar-refractivity contribution in [1.29, 1.82) is 0 Å². The van der Waals surface area contributed by atoms with Crippen LogP contribution in [0.3, 0.4) is 0 Å². The zero-order chi connectivity index (χ0) is 24.5. The van der Waals surface area contributed by atoms with Crippen molar-refractivity contribution >= 4 is 23.3 Å². The maximum atomic E-state index is 13.0. The molecule has 0 saturated carbocycles. The number of hydrogen-bond acceptors (Lipinski definition) is 7. The number of Topliss-reactive ketones (excluding diaryl/α,β-unsaturated/α-hetero) is 1. The molecule has 33 heavy (non-hydrogen) atoms. The SMILES string of the molecule is CC(=O)CN(CC(C)O)C(=O)C(O)C(Cc1ccccc1)NC(=O)c1cccc(N=O)c1C. The molecule has 2 rings (SSSR count). The molecule has 2 amide bonds. The summed E-state index contributed by atoms with van der Waals surface area (Å²) in [5, 5.41) is 26.3. The van der Waals surface area contributed by atoms with Crippen LogP contribution in [0.25, 0.3) is 0 Å².